The molecule has 0 heterocycles. The highest BCUT2D eigenvalue weighted by Gasteiger charge is 2.29. The van der Waals surface area contributed by atoms with Gasteiger partial charge in [0.25, 0.3) is 0 Å². The summed E-state index contributed by atoms with van der Waals surface area (Å²) in [6.07, 6.45) is -0.501. The monoisotopic (exact) mass is 438 g/mol. The van der Waals surface area contributed by atoms with Crippen LogP contribution < -0.4 is 5.32 Å². The van der Waals surface area contributed by atoms with Crippen molar-refractivity contribution in [3.05, 3.63) is 59.7 Å². The molecule has 2 aromatic carbocycles. The van der Waals surface area contributed by atoms with E-state index in [1.807, 2.05) is 24.3 Å². The van der Waals surface area contributed by atoms with Gasteiger partial charge < -0.3 is 20.1 Å². The minimum absolute atomic E-state index is 0.0295. The largest absolute Gasteiger partial charge is 0.481 e. The van der Waals surface area contributed by atoms with Crippen molar-refractivity contribution in [3.63, 3.8) is 0 Å². The second-order valence-electron chi connectivity index (χ2n) is 8.25. The third kappa shape index (κ3) is 5.28. The van der Waals surface area contributed by atoms with Gasteiger partial charge in [0, 0.05) is 31.5 Å². The lowest BCUT2D eigenvalue weighted by Crippen LogP contribution is -2.41. The number of amides is 2. The van der Waals surface area contributed by atoms with Crippen LogP contribution in [0.2, 0.25) is 0 Å². The first kappa shape index (κ1) is 23.3. The van der Waals surface area contributed by atoms with E-state index in [0.717, 1.165) is 22.3 Å². The normalized spacial score (nSPS) is 14.1. The Morgan fingerprint density at radius 2 is 1.59 bits per heavy atom. The first-order chi connectivity index (χ1) is 15.3. The zero-order chi connectivity index (χ0) is 23.3. The average molecular weight is 439 g/mol. The summed E-state index contributed by atoms with van der Waals surface area (Å²) in [6.45, 7) is 5.86. The highest BCUT2D eigenvalue weighted by atomic mass is 16.5. The first-order valence-electron chi connectivity index (χ1n) is 10.9. The van der Waals surface area contributed by atoms with Crippen LogP contribution in [-0.4, -0.2) is 53.7 Å². The number of benzene rings is 2. The van der Waals surface area contributed by atoms with E-state index in [9.17, 15) is 14.4 Å². The van der Waals surface area contributed by atoms with Gasteiger partial charge in [0.1, 0.15) is 6.61 Å². The van der Waals surface area contributed by atoms with Crippen molar-refractivity contribution < 1.29 is 24.2 Å². The molecular formula is C25H30N2O5. The predicted octanol–water partition coefficient (Wildman–Crippen LogP) is 3.87. The number of carboxylic acids is 1. The summed E-state index contributed by atoms with van der Waals surface area (Å²) >= 11 is 0. The molecule has 1 aliphatic carbocycles. The Hall–Kier alpha value is -3.35. The van der Waals surface area contributed by atoms with E-state index in [0.29, 0.717) is 6.54 Å². The number of nitrogens with zero attached hydrogens (tertiary/aromatic N) is 1. The maximum absolute atomic E-state index is 12.5. The Bertz CT molecular complexity index is 944. The topological polar surface area (TPSA) is 95.9 Å². The first-order valence-corrected chi connectivity index (χ1v) is 10.9. The van der Waals surface area contributed by atoms with Crippen LogP contribution in [0.15, 0.2) is 48.5 Å². The van der Waals surface area contributed by atoms with Gasteiger partial charge in [0.2, 0.25) is 5.91 Å². The van der Waals surface area contributed by atoms with E-state index >= 15 is 0 Å². The number of nitrogens with one attached hydrogen (secondary N) is 1. The molecule has 2 N–H and O–H groups in total. The Labute approximate surface area is 188 Å². The molecule has 170 valence electrons. The van der Waals surface area contributed by atoms with Crippen molar-refractivity contribution in [2.24, 2.45) is 5.92 Å². The number of aliphatic carboxylic acids is 1. The molecule has 0 saturated carbocycles. The second-order valence-corrected chi connectivity index (χ2v) is 8.25. The molecule has 32 heavy (non-hydrogen) atoms. The Morgan fingerprint density at radius 3 is 2.12 bits per heavy atom. The van der Waals surface area contributed by atoms with Crippen LogP contribution in [0.5, 0.6) is 0 Å². The van der Waals surface area contributed by atoms with E-state index in [1.54, 1.807) is 20.8 Å². The Balaban J connectivity index is 1.54. The van der Waals surface area contributed by atoms with Gasteiger partial charge in [-0.15, -0.1) is 0 Å². The minimum Gasteiger partial charge on any atom is -0.481 e. The molecule has 2 aromatic rings. The zero-order valence-corrected chi connectivity index (χ0v) is 18.7. The number of hydrogen-bond donors (Lipinski definition) is 2. The highest BCUT2D eigenvalue weighted by molar-refractivity contribution is 5.80. The fourth-order valence-corrected chi connectivity index (χ4v) is 4.10. The smallest absolute Gasteiger partial charge is 0.407 e. The molecule has 2 unspecified atom stereocenters. The van der Waals surface area contributed by atoms with Crippen LogP contribution in [0.25, 0.3) is 11.1 Å². The molecule has 2 atom stereocenters. The SMILES string of the molecule is CCN(CC(C)C(=O)O)C(=O)CC(C)NC(=O)OCC1c2ccccc2-c2ccccc21. The van der Waals surface area contributed by atoms with Gasteiger partial charge in [-0.25, -0.2) is 4.79 Å². The van der Waals surface area contributed by atoms with Crippen molar-refractivity contribution >= 4 is 18.0 Å². The van der Waals surface area contributed by atoms with Crippen LogP contribution in [0.1, 0.15) is 44.2 Å². The fraction of sp³-hybridized carbons (Fsp3) is 0.400. The van der Waals surface area contributed by atoms with Gasteiger partial charge >= 0.3 is 12.1 Å². The van der Waals surface area contributed by atoms with Gasteiger partial charge in [0.15, 0.2) is 0 Å². The van der Waals surface area contributed by atoms with Gasteiger partial charge in [-0.1, -0.05) is 55.5 Å². The lowest BCUT2D eigenvalue weighted by atomic mass is 9.98. The number of carboxylic acid groups (broad SMARTS) is 1. The number of hydrogen-bond acceptors (Lipinski definition) is 4. The molecule has 7 heteroatoms. The van der Waals surface area contributed by atoms with Crippen molar-refractivity contribution in [3.8, 4) is 11.1 Å². The van der Waals surface area contributed by atoms with Crippen LogP contribution >= 0.6 is 0 Å². The molecule has 0 spiro atoms. The molecule has 0 radical (unpaired) electrons. The molecule has 1 aliphatic rings. The lowest BCUT2D eigenvalue weighted by molar-refractivity contribution is -0.143. The Morgan fingerprint density at radius 1 is 1.03 bits per heavy atom. The predicted molar refractivity (Wildman–Crippen MR) is 121 cm³/mol. The molecule has 2 amide bonds. The second kappa shape index (κ2) is 10.3. The summed E-state index contributed by atoms with van der Waals surface area (Å²) in [5, 5.41) is 11.8. The van der Waals surface area contributed by atoms with E-state index in [-0.39, 0.29) is 31.4 Å². The minimum atomic E-state index is -0.943. The number of rotatable bonds is 9. The summed E-state index contributed by atoms with van der Waals surface area (Å²) in [5.74, 6) is -1.82. The van der Waals surface area contributed by atoms with Gasteiger partial charge in [-0.3, -0.25) is 9.59 Å². The lowest BCUT2D eigenvalue weighted by Gasteiger charge is -2.24. The molecule has 7 nitrogen and oxygen atoms in total. The maximum Gasteiger partial charge on any atom is 0.407 e. The van der Waals surface area contributed by atoms with Crippen LogP contribution in [0.3, 0.4) is 0 Å². The quantitative estimate of drug-likeness (QED) is 0.620. The molecule has 0 bridgehead atoms. The third-order valence-electron chi connectivity index (χ3n) is 5.84. The van der Waals surface area contributed by atoms with E-state index in [4.69, 9.17) is 9.84 Å². The molecule has 0 saturated heterocycles. The molecule has 0 aromatic heterocycles. The van der Waals surface area contributed by atoms with Crippen molar-refractivity contribution in [2.75, 3.05) is 19.7 Å². The summed E-state index contributed by atoms with van der Waals surface area (Å²) in [6, 6.07) is 15.8. The molecular weight excluding hydrogens is 408 g/mol. The molecule has 0 aliphatic heterocycles. The van der Waals surface area contributed by atoms with Crippen LogP contribution in [0, 0.1) is 5.92 Å². The summed E-state index contributed by atoms with van der Waals surface area (Å²) in [5.41, 5.74) is 4.59. The number of fused-ring (bicyclic) bond motifs is 3. The van der Waals surface area contributed by atoms with Crippen LogP contribution in [0.4, 0.5) is 4.79 Å². The van der Waals surface area contributed by atoms with E-state index in [1.165, 1.54) is 4.90 Å². The molecule has 3 rings (SSSR count). The van der Waals surface area contributed by atoms with Crippen molar-refractivity contribution in [2.45, 2.75) is 39.2 Å². The number of carbonyl (C=O) groups is 3. The van der Waals surface area contributed by atoms with Gasteiger partial charge in [0.05, 0.1) is 5.92 Å². The summed E-state index contributed by atoms with van der Waals surface area (Å²) in [7, 11) is 0. The molecule has 0 fully saturated rings. The van der Waals surface area contributed by atoms with Gasteiger partial charge in [-0.05, 0) is 36.1 Å². The zero-order valence-electron chi connectivity index (χ0n) is 18.7. The van der Waals surface area contributed by atoms with Gasteiger partial charge in [-0.2, -0.15) is 0 Å². The van der Waals surface area contributed by atoms with Crippen molar-refractivity contribution in [1.82, 2.24) is 10.2 Å². The standard InChI is InChI=1S/C25H30N2O5/c1-4-27(14-16(2)24(29)30)23(28)13-17(3)26-25(31)32-15-22-20-11-7-5-9-18(20)19-10-6-8-12-21(19)22/h5-12,16-17,22H,4,13-15H2,1-3H3,(H,26,31)(H,29,30). The highest BCUT2D eigenvalue weighted by Crippen LogP contribution is 2.44. The summed E-state index contributed by atoms with van der Waals surface area (Å²) in [4.78, 5) is 37.5. The number of alkyl carbamates (subject to hydrolysis) is 1. The Kier molecular flexibility index (Phi) is 7.51. The van der Waals surface area contributed by atoms with Crippen LogP contribution in [-0.2, 0) is 14.3 Å². The number of ether oxygens (including phenoxy) is 1. The fourth-order valence-electron chi connectivity index (χ4n) is 4.10. The maximum atomic E-state index is 12.5. The average Bonchev–Trinajstić information content (AvgIpc) is 3.09. The number of carbonyl (C=O) groups excluding carboxylic acids is 2. The van der Waals surface area contributed by atoms with Crippen molar-refractivity contribution in [1.29, 1.82) is 0 Å². The van der Waals surface area contributed by atoms with E-state index in [2.05, 4.69) is 29.6 Å². The van der Waals surface area contributed by atoms with E-state index < -0.39 is 24.0 Å². The summed E-state index contributed by atoms with van der Waals surface area (Å²) < 4.78 is 5.52. The third-order valence-corrected chi connectivity index (χ3v) is 5.84.